The highest BCUT2D eigenvalue weighted by Crippen LogP contribution is 3.08. The fraction of sp³-hybridized carbons (Fsp3) is 1.00. The van der Waals surface area contributed by atoms with Crippen molar-refractivity contribution in [2.24, 2.45) is 22.7 Å². The molecule has 4 bridgehead atoms. The quantitative estimate of drug-likeness (QED) is 0.624. The van der Waals surface area contributed by atoms with Gasteiger partial charge in [-0.25, -0.2) is 0 Å². The van der Waals surface area contributed by atoms with Gasteiger partial charge in [-0.3, -0.25) is 0 Å². The Bertz CT molecular complexity index is 519. The summed E-state index contributed by atoms with van der Waals surface area (Å²) < 4.78 is 25.9. The smallest absolute Gasteiger partial charge is 0.0926 e. The average molecular weight is 256 g/mol. The minimum atomic E-state index is -2.01. The zero-order valence-corrected chi connectivity index (χ0v) is 12.0. The minimum Gasteiger partial charge on any atom is -0.323 e. The van der Waals surface area contributed by atoms with Crippen molar-refractivity contribution >= 4 is 14.3 Å². The Hall–Kier alpha value is 0.460. The Kier molecular flexibility index (Phi) is 1.05. The summed E-state index contributed by atoms with van der Waals surface area (Å²) in [5, 5.41) is 0. The van der Waals surface area contributed by atoms with Crippen LogP contribution >= 0.6 is 14.3 Å². The number of hydrogen-bond acceptors (Lipinski definition) is 2. The van der Waals surface area contributed by atoms with E-state index >= 15 is 0 Å². The van der Waals surface area contributed by atoms with Gasteiger partial charge in [0.1, 0.15) is 0 Å². The summed E-state index contributed by atoms with van der Waals surface area (Å²) in [6, 6.07) is 0. The van der Waals surface area contributed by atoms with Gasteiger partial charge in [0.25, 0.3) is 0 Å². The van der Waals surface area contributed by atoms with E-state index in [0.29, 0.717) is 45.3 Å². The molecular weight excluding hydrogens is 238 g/mol. The number of rotatable bonds is 0. The van der Waals surface area contributed by atoms with Crippen LogP contribution in [0.4, 0.5) is 0 Å². The normalized spacial score (nSPS) is 89.5. The summed E-state index contributed by atoms with van der Waals surface area (Å²) in [4.78, 5) is 0. The zero-order valence-electron chi connectivity index (χ0n) is 10.2. The summed E-state index contributed by atoms with van der Waals surface area (Å²) in [5.41, 5.74) is 2.28. The van der Waals surface area contributed by atoms with Crippen LogP contribution in [0.5, 0.6) is 0 Å². The standard InChI is InChI=1S/C12H18O2P2/c1-11-5-7-8-6(9(11)15(7,3)13)12(11,2)10(5)16(8,4)14/h5-10H,1-4H3. The maximum atomic E-state index is 13.0. The Morgan fingerprint density at radius 2 is 1.12 bits per heavy atom. The molecule has 0 N–H and O–H groups in total. The van der Waals surface area contributed by atoms with Crippen molar-refractivity contribution in [2.45, 2.75) is 36.5 Å². The molecule has 16 heavy (non-hydrogen) atoms. The summed E-state index contributed by atoms with van der Waals surface area (Å²) in [7, 11) is -4.02. The van der Waals surface area contributed by atoms with Crippen LogP contribution in [0.25, 0.3) is 0 Å². The van der Waals surface area contributed by atoms with Gasteiger partial charge >= 0.3 is 0 Å². The molecule has 6 fully saturated rings. The largest absolute Gasteiger partial charge is 0.323 e. The topological polar surface area (TPSA) is 34.1 Å². The maximum absolute atomic E-state index is 13.0. The first kappa shape index (κ1) is 9.40. The van der Waals surface area contributed by atoms with Gasteiger partial charge < -0.3 is 9.13 Å². The molecule has 10 atom stereocenters. The molecule has 0 radical (unpaired) electrons. The van der Waals surface area contributed by atoms with Crippen molar-refractivity contribution in [3.63, 3.8) is 0 Å². The molecule has 2 saturated carbocycles. The Labute approximate surface area is 96.3 Å². The Morgan fingerprint density at radius 3 is 1.44 bits per heavy atom. The van der Waals surface area contributed by atoms with Crippen molar-refractivity contribution < 1.29 is 9.13 Å². The predicted octanol–water partition coefficient (Wildman–Crippen LogP) is 2.76. The second-order valence-corrected chi connectivity index (χ2v) is 14.1. The first-order valence-electron chi connectivity index (χ1n) is 6.36. The average Bonchev–Trinajstić information content (AvgIpc) is 2.57. The molecule has 10 unspecified atom stereocenters. The zero-order chi connectivity index (χ0) is 11.5. The second-order valence-electron chi connectivity index (χ2n) is 7.61. The molecule has 88 valence electrons. The van der Waals surface area contributed by atoms with Crippen LogP contribution < -0.4 is 0 Å². The lowest BCUT2D eigenvalue weighted by atomic mass is 9.26. The number of hydrogen-bond donors (Lipinski definition) is 0. The minimum absolute atomic E-state index is 0.315. The first-order valence-corrected chi connectivity index (χ1v) is 10.9. The molecule has 0 aromatic rings. The Balaban J connectivity index is 1.93. The van der Waals surface area contributed by atoms with E-state index in [-0.39, 0.29) is 0 Å². The van der Waals surface area contributed by atoms with Crippen molar-refractivity contribution in [1.82, 2.24) is 0 Å². The third kappa shape index (κ3) is 0.437. The molecule has 0 aromatic heterocycles. The van der Waals surface area contributed by atoms with E-state index in [1.54, 1.807) is 0 Å². The van der Waals surface area contributed by atoms with Gasteiger partial charge in [-0.05, 0) is 36.0 Å². The monoisotopic (exact) mass is 256 g/mol. The fourth-order valence-corrected chi connectivity index (χ4v) is 19.5. The van der Waals surface area contributed by atoms with Crippen molar-refractivity contribution in [3.8, 4) is 0 Å². The van der Waals surface area contributed by atoms with Crippen LogP contribution in [-0.4, -0.2) is 36.0 Å². The highest BCUT2D eigenvalue weighted by Gasteiger charge is 3.02. The molecule has 2 nitrogen and oxygen atoms in total. The lowest BCUT2D eigenvalue weighted by Gasteiger charge is -2.77. The van der Waals surface area contributed by atoms with Gasteiger partial charge in [0, 0.05) is 22.6 Å². The highest BCUT2D eigenvalue weighted by molar-refractivity contribution is 7.72. The molecule has 0 aromatic carbocycles. The maximum Gasteiger partial charge on any atom is 0.0926 e. The first-order chi connectivity index (χ1) is 7.23. The lowest BCUT2D eigenvalue weighted by molar-refractivity contribution is -0.244. The molecule has 6 rings (SSSR count). The van der Waals surface area contributed by atoms with Gasteiger partial charge in [0.05, 0.1) is 14.3 Å². The molecule has 4 heterocycles. The fourth-order valence-electron chi connectivity index (χ4n) is 7.79. The van der Waals surface area contributed by atoms with Gasteiger partial charge in [-0.15, -0.1) is 0 Å². The van der Waals surface area contributed by atoms with E-state index in [1.165, 1.54) is 0 Å². The van der Waals surface area contributed by atoms with Crippen LogP contribution in [0.1, 0.15) is 13.8 Å². The van der Waals surface area contributed by atoms with E-state index in [2.05, 4.69) is 13.8 Å². The summed E-state index contributed by atoms with van der Waals surface area (Å²) >= 11 is 0. The summed E-state index contributed by atoms with van der Waals surface area (Å²) in [5.74, 6) is 1.15. The molecule has 0 amide bonds. The van der Waals surface area contributed by atoms with Crippen molar-refractivity contribution in [1.29, 1.82) is 0 Å². The molecule has 6 aliphatic rings. The SMILES string of the molecule is CC12C3C4C5C(C1P4(C)=O)C2(C)C3P5(C)=O. The summed E-state index contributed by atoms with van der Waals surface area (Å²) in [6.45, 7) is 8.77. The predicted molar refractivity (Wildman–Crippen MR) is 65.4 cm³/mol. The third-order valence-corrected chi connectivity index (χ3v) is 15.6. The van der Waals surface area contributed by atoms with Gasteiger partial charge in [0.2, 0.25) is 0 Å². The molecule has 4 saturated heterocycles. The Morgan fingerprint density at radius 1 is 0.812 bits per heavy atom. The van der Waals surface area contributed by atoms with E-state index in [4.69, 9.17) is 0 Å². The van der Waals surface area contributed by atoms with Crippen molar-refractivity contribution in [3.05, 3.63) is 0 Å². The second kappa shape index (κ2) is 1.79. The van der Waals surface area contributed by atoms with E-state index in [0.717, 1.165) is 0 Å². The molecular formula is C12H18O2P2. The van der Waals surface area contributed by atoms with Gasteiger partial charge in [-0.1, -0.05) is 13.8 Å². The van der Waals surface area contributed by atoms with E-state index in [9.17, 15) is 9.13 Å². The molecule has 0 spiro atoms. The van der Waals surface area contributed by atoms with Gasteiger partial charge in [0.15, 0.2) is 0 Å². The lowest BCUT2D eigenvalue weighted by Crippen LogP contribution is -2.81. The van der Waals surface area contributed by atoms with Gasteiger partial charge in [-0.2, -0.15) is 0 Å². The highest BCUT2D eigenvalue weighted by atomic mass is 31.2. The third-order valence-electron chi connectivity index (χ3n) is 7.83. The molecule has 4 aliphatic heterocycles. The van der Waals surface area contributed by atoms with Crippen LogP contribution in [0, 0.1) is 22.7 Å². The molecule has 4 heteroatoms. The van der Waals surface area contributed by atoms with Crippen LogP contribution in [0.3, 0.4) is 0 Å². The van der Waals surface area contributed by atoms with Crippen LogP contribution in [0.15, 0.2) is 0 Å². The van der Waals surface area contributed by atoms with E-state index < -0.39 is 14.3 Å². The summed E-state index contributed by atoms with van der Waals surface area (Å²) in [6.07, 6.45) is 0. The molecule has 2 aliphatic carbocycles. The van der Waals surface area contributed by atoms with Crippen LogP contribution in [-0.2, 0) is 9.13 Å². The van der Waals surface area contributed by atoms with Crippen LogP contribution in [0.2, 0.25) is 0 Å². The van der Waals surface area contributed by atoms with Crippen molar-refractivity contribution in [2.75, 3.05) is 13.3 Å². The van der Waals surface area contributed by atoms with E-state index in [1.807, 2.05) is 13.3 Å².